The maximum Gasteiger partial charge on any atom is 0.269 e. The van der Waals surface area contributed by atoms with Crippen LogP contribution in [-0.2, 0) is 22.7 Å². The molecule has 0 bridgehead atoms. The number of nitrogens with zero attached hydrogens (tertiary/aromatic N) is 1. The Morgan fingerprint density at radius 3 is 2.68 bits per heavy atom. The zero-order chi connectivity index (χ0) is 22.2. The Bertz CT molecular complexity index is 1260. The summed E-state index contributed by atoms with van der Waals surface area (Å²) in [6.07, 6.45) is 3.14. The number of nitrogens with one attached hydrogen (secondary N) is 2. The van der Waals surface area contributed by atoms with Crippen molar-refractivity contribution in [3.05, 3.63) is 69.4 Å². The molecule has 0 aliphatic heterocycles. The first-order valence-corrected chi connectivity index (χ1v) is 11.8. The van der Waals surface area contributed by atoms with E-state index in [9.17, 15) is 23.3 Å². The summed E-state index contributed by atoms with van der Waals surface area (Å²) >= 11 is 0. The number of aromatic amines is 1. The zero-order valence-corrected chi connectivity index (χ0v) is 17.9. The molecule has 1 heterocycles. The van der Waals surface area contributed by atoms with Crippen LogP contribution in [0.25, 0.3) is 10.9 Å². The summed E-state index contributed by atoms with van der Waals surface area (Å²) in [5, 5.41) is 14.4. The number of hydrogen-bond acceptors (Lipinski definition) is 5. The normalized spacial score (nSPS) is 16.1. The number of benzene rings is 2. The van der Waals surface area contributed by atoms with E-state index in [0.717, 1.165) is 42.3 Å². The van der Waals surface area contributed by atoms with Gasteiger partial charge >= 0.3 is 0 Å². The second-order valence-corrected chi connectivity index (χ2v) is 10.1. The number of carbonyl (C=O) groups excluding carboxylic acids is 1. The largest absolute Gasteiger partial charge is 0.358 e. The lowest BCUT2D eigenvalue weighted by Crippen LogP contribution is -2.29. The molecule has 31 heavy (non-hydrogen) atoms. The summed E-state index contributed by atoms with van der Waals surface area (Å²) in [6.45, 7) is 2.17. The molecule has 2 N–H and O–H groups in total. The predicted molar refractivity (Wildman–Crippen MR) is 117 cm³/mol. The first-order chi connectivity index (χ1) is 14.7. The van der Waals surface area contributed by atoms with Crippen LogP contribution < -0.4 is 5.32 Å². The fourth-order valence-electron chi connectivity index (χ4n) is 4.03. The molecule has 1 aliphatic carbocycles. The van der Waals surface area contributed by atoms with Gasteiger partial charge in [-0.3, -0.25) is 14.9 Å². The van der Waals surface area contributed by atoms with Gasteiger partial charge in [-0.2, -0.15) is 0 Å². The van der Waals surface area contributed by atoms with E-state index in [1.807, 2.05) is 12.1 Å². The molecule has 0 spiro atoms. The third-order valence-corrected chi connectivity index (χ3v) is 7.49. The van der Waals surface area contributed by atoms with Crippen LogP contribution in [0.1, 0.15) is 35.0 Å². The van der Waals surface area contributed by atoms with E-state index in [2.05, 4.69) is 17.2 Å². The molecule has 3 aromatic rings. The highest BCUT2D eigenvalue weighted by Gasteiger charge is 2.21. The molecular weight excluding hydrogens is 418 g/mol. The quantitative estimate of drug-likeness (QED) is 0.448. The fourth-order valence-corrected chi connectivity index (χ4v) is 5.18. The molecule has 9 heteroatoms. The topological polar surface area (TPSA) is 122 Å². The number of aromatic nitrogens is 1. The molecule has 162 valence electrons. The van der Waals surface area contributed by atoms with Crippen molar-refractivity contribution in [2.24, 2.45) is 5.92 Å². The van der Waals surface area contributed by atoms with Crippen molar-refractivity contribution >= 4 is 32.3 Å². The lowest BCUT2D eigenvalue weighted by atomic mass is 9.87. The Morgan fingerprint density at radius 1 is 1.23 bits per heavy atom. The Hall–Kier alpha value is -3.20. The summed E-state index contributed by atoms with van der Waals surface area (Å²) < 4.78 is 24.9. The Balaban J connectivity index is 1.43. The van der Waals surface area contributed by atoms with Crippen LogP contribution in [0.4, 0.5) is 5.69 Å². The number of sulfone groups is 1. The first-order valence-electron chi connectivity index (χ1n) is 10.1. The van der Waals surface area contributed by atoms with Gasteiger partial charge in [-0.15, -0.1) is 0 Å². The van der Waals surface area contributed by atoms with Crippen molar-refractivity contribution in [3.8, 4) is 0 Å². The number of fused-ring (bicyclic) bond motifs is 3. The summed E-state index contributed by atoms with van der Waals surface area (Å²) in [4.78, 5) is 26.1. The van der Waals surface area contributed by atoms with E-state index in [4.69, 9.17) is 0 Å². The third kappa shape index (κ3) is 4.32. The maximum absolute atomic E-state index is 12.6. The number of carbonyl (C=O) groups is 1. The molecule has 1 aliphatic rings. The van der Waals surface area contributed by atoms with Crippen molar-refractivity contribution in [2.45, 2.75) is 31.1 Å². The van der Waals surface area contributed by atoms with Gasteiger partial charge < -0.3 is 10.3 Å². The summed E-state index contributed by atoms with van der Waals surface area (Å²) in [5.74, 6) is -0.0243. The summed E-state index contributed by atoms with van der Waals surface area (Å²) in [6, 6.07) is 10.2. The van der Waals surface area contributed by atoms with E-state index in [1.165, 1.54) is 23.4 Å². The second-order valence-electron chi connectivity index (χ2n) is 8.02. The van der Waals surface area contributed by atoms with Gasteiger partial charge in [-0.1, -0.05) is 6.92 Å². The highest BCUT2D eigenvalue weighted by molar-refractivity contribution is 7.91. The van der Waals surface area contributed by atoms with Crippen LogP contribution in [0, 0.1) is 16.0 Å². The Morgan fingerprint density at radius 2 is 1.97 bits per heavy atom. The predicted octanol–water partition coefficient (Wildman–Crippen LogP) is 3.40. The van der Waals surface area contributed by atoms with Crippen LogP contribution in [0.2, 0.25) is 0 Å². The van der Waals surface area contributed by atoms with Crippen LogP contribution in [0.3, 0.4) is 0 Å². The molecule has 0 saturated heterocycles. The highest BCUT2D eigenvalue weighted by Crippen LogP contribution is 2.32. The van der Waals surface area contributed by atoms with Crippen LogP contribution >= 0.6 is 0 Å². The second kappa shape index (κ2) is 8.14. The molecule has 1 unspecified atom stereocenters. The van der Waals surface area contributed by atoms with E-state index < -0.39 is 14.8 Å². The standard InChI is InChI=1S/C22H23N3O5S/c1-14-2-8-20-18(12-14)19-13-15(3-9-21(19)24-20)22(26)23-10-11-31(29,30)17-6-4-16(5-7-17)25(27)28/h3-7,9,13-14,24H,2,8,10-12H2,1H3,(H,23,26). The molecule has 1 amide bonds. The number of nitro groups is 1. The number of aryl methyl sites for hydroxylation is 1. The lowest BCUT2D eigenvalue weighted by Gasteiger charge is -2.18. The molecule has 0 fully saturated rings. The zero-order valence-electron chi connectivity index (χ0n) is 17.1. The number of H-pyrrole nitrogens is 1. The number of nitro benzene ring substituents is 1. The Labute approximate surface area is 179 Å². The van der Waals surface area contributed by atoms with Crippen LogP contribution in [0.5, 0.6) is 0 Å². The maximum atomic E-state index is 12.6. The van der Waals surface area contributed by atoms with E-state index in [-0.39, 0.29) is 28.8 Å². The smallest absolute Gasteiger partial charge is 0.269 e. The van der Waals surface area contributed by atoms with Crippen molar-refractivity contribution in [2.75, 3.05) is 12.3 Å². The minimum atomic E-state index is -3.67. The van der Waals surface area contributed by atoms with E-state index >= 15 is 0 Å². The minimum absolute atomic E-state index is 0.0122. The van der Waals surface area contributed by atoms with Gasteiger partial charge in [-0.25, -0.2) is 8.42 Å². The molecule has 4 rings (SSSR count). The number of non-ortho nitro benzene ring substituents is 1. The lowest BCUT2D eigenvalue weighted by molar-refractivity contribution is -0.384. The molecule has 0 saturated carbocycles. The highest BCUT2D eigenvalue weighted by atomic mass is 32.2. The fraction of sp³-hybridized carbons (Fsp3) is 0.318. The SMILES string of the molecule is CC1CCc2[nH]c3ccc(C(=O)NCCS(=O)(=O)c4ccc([N+](=O)[O-])cc4)cc3c2C1. The van der Waals surface area contributed by atoms with E-state index in [1.54, 1.807) is 6.07 Å². The van der Waals surface area contributed by atoms with Crippen molar-refractivity contribution in [3.63, 3.8) is 0 Å². The van der Waals surface area contributed by atoms with Gasteiger partial charge in [0.05, 0.1) is 15.6 Å². The summed E-state index contributed by atoms with van der Waals surface area (Å²) in [5.41, 5.74) is 3.82. The third-order valence-electron chi connectivity index (χ3n) is 5.76. The van der Waals surface area contributed by atoms with Gasteiger partial charge in [0.25, 0.3) is 11.6 Å². The number of rotatable bonds is 6. The van der Waals surface area contributed by atoms with Gasteiger partial charge in [0.15, 0.2) is 9.84 Å². The first kappa shape index (κ1) is 21.0. The average molecular weight is 442 g/mol. The molecule has 1 atom stereocenters. The van der Waals surface area contributed by atoms with Crippen molar-refractivity contribution in [1.82, 2.24) is 10.3 Å². The molecular formula is C22H23N3O5S. The number of amides is 1. The van der Waals surface area contributed by atoms with Crippen LogP contribution in [-0.4, -0.2) is 36.5 Å². The Kier molecular flexibility index (Phi) is 5.53. The van der Waals surface area contributed by atoms with Gasteiger partial charge in [0.1, 0.15) is 0 Å². The molecule has 0 radical (unpaired) electrons. The van der Waals surface area contributed by atoms with Crippen molar-refractivity contribution in [1.29, 1.82) is 0 Å². The molecule has 1 aromatic heterocycles. The monoisotopic (exact) mass is 441 g/mol. The average Bonchev–Trinajstić information content (AvgIpc) is 3.10. The van der Waals surface area contributed by atoms with E-state index in [0.29, 0.717) is 11.5 Å². The van der Waals surface area contributed by atoms with Gasteiger partial charge in [0.2, 0.25) is 0 Å². The summed E-state index contributed by atoms with van der Waals surface area (Å²) in [7, 11) is -3.67. The van der Waals surface area contributed by atoms with Gasteiger partial charge in [-0.05, 0) is 61.1 Å². The minimum Gasteiger partial charge on any atom is -0.358 e. The van der Waals surface area contributed by atoms with Crippen LogP contribution in [0.15, 0.2) is 47.4 Å². The number of hydrogen-bond donors (Lipinski definition) is 2. The molecule has 2 aromatic carbocycles. The van der Waals surface area contributed by atoms with Crippen molar-refractivity contribution < 1.29 is 18.1 Å². The van der Waals surface area contributed by atoms with Gasteiger partial charge in [0, 0.05) is 40.8 Å². The molecule has 8 nitrogen and oxygen atoms in total.